The molecule has 0 fully saturated rings. The van der Waals surface area contributed by atoms with E-state index in [2.05, 4.69) is 15.5 Å². The zero-order valence-corrected chi connectivity index (χ0v) is 7.47. The first-order valence-corrected chi connectivity index (χ1v) is 4.08. The van der Waals surface area contributed by atoms with Crippen molar-refractivity contribution < 1.29 is 9.18 Å². The molecule has 0 spiro atoms. The first-order valence-electron chi connectivity index (χ1n) is 4.08. The Balaban J connectivity index is 2.55. The second-order valence-electron chi connectivity index (χ2n) is 2.94. The van der Waals surface area contributed by atoms with Crippen molar-refractivity contribution in [3.63, 3.8) is 0 Å². The number of amides is 1. The van der Waals surface area contributed by atoms with E-state index in [1.54, 1.807) is 6.07 Å². The summed E-state index contributed by atoms with van der Waals surface area (Å²) in [6.07, 6.45) is 0. The Labute approximate surface area is 79.1 Å². The molecule has 2 rings (SSSR count). The lowest BCUT2D eigenvalue weighted by Gasteiger charge is -1.96. The van der Waals surface area contributed by atoms with Crippen molar-refractivity contribution in [2.45, 2.75) is 6.92 Å². The molecule has 1 amide bonds. The van der Waals surface area contributed by atoms with E-state index in [1.807, 2.05) is 0 Å². The highest BCUT2D eigenvalue weighted by Crippen LogP contribution is 2.20. The standard InChI is InChI=1S/C9H8FN3O/c1-5(14)11-9-7-4-6(10)2-3-8(7)12-13-9/h2-4H,1H3,(H2,11,12,13,14). The van der Waals surface area contributed by atoms with Gasteiger partial charge in [-0.05, 0) is 18.2 Å². The number of carbonyl (C=O) groups excluding carboxylic acids is 1. The zero-order chi connectivity index (χ0) is 10.1. The molecule has 1 heterocycles. The summed E-state index contributed by atoms with van der Waals surface area (Å²) < 4.78 is 12.9. The first-order chi connectivity index (χ1) is 6.66. The number of aromatic amines is 1. The van der Waals surface area contributed by atoms with Crippen molar-refractivity contribution in [2.75, 3.05) is 5.32 Å². The van der Waals surface area contributed by atoms with Gasteiger partial charge in [0.2, 0.25) is 5.91 Å². The molecule has 72 valence electrons. The van der Waals surface area contributed by atoms with E-state index in [-0.39, 0.29) is 11.7 Å². The number of nitrogens with zero attached hydrogens (tertiary/aromatic N) is 1. The Morgan fingerprint density at radius 2 is 2.36 bits per heavy atom. The maximum atomic E-state index is 12.9. The largest absolute Gasteiger partial charge is 0.309 e. The van der Waals surface area contributed by atoms with Crippen LogP contribution in [0.25, 0.3) is 10.9 Å². The lowest BCUT2D eigenvalue weighted by molar-refractivity contribution is -0.114. The van der Waals surface area contributed by atoms with Crippen LogP contribution in [0, 0.1) is 5.82 Å². The molecular formula is C9H8FN3O. The monoisotopic (exact) mass is 193 g/mol. The minimum absolute atomic E-state index is 0.234. The van der Waals surface area contributed by atoms with E-state index < -0.39 is 0 Å². The number of carbonyl (C=O) groups is 1. The third-order valence-corrected chi connectivity index (χ3v) is 1.82. The number of hydrogen-bond donors (Lipinski definition) is 2. The van der Waals surface area contributed by atoms with Crippen molar-refractivity contribution in [1.29, 1.82) is 0 Å². The molecule has 0 aliphatic heterocycles. The Kier molecular flexibility index (Phi) is 1.92. The van der Waals surface area contributed by atoms with E-state index in [1.165, 1.54) is 19.1 Å². The Hall–Kier alpha value is -1.91. The third kappa shape index (κ3) is 1.44. The van der Waals surface area contributed by atoms with E-state index in [0.717, 1.165) is 0 Å². The van der Waals surface area contributed by atoms with Gasteiger partial charge in [-0.2, -0.15) is 5.10 Å². The fraction of sp³-hybridized carbons (Fsp3) is 0.111. The van der Waals surface area contributed by atoms with Gasteiger partial charge in [0.15, 0.2) is 5.82 Å². The van der Waals surface area contributed by atoms with E-state index in [0.29, 0.717) is 16.7 Å². The van der Waals surface area contributed by atoms with Crippen LogP contribution in [0.1, 0.15) is 6.92 Å². The average molecular weight is 193 g/mol. The zero-order valence-electron chi connectivity index (χ0n) is 7.47. The van der Waals surface area contributed by atoms with Gasteiger partial charge in [-0.25, -0.2) is 4.39 Å². The number of hydrogen-bond acceptors (Lipinski definition) is 2. The number of halogens is 1. The summed E-state index contributed by atoms with van der Waals surface area (Å²) in [6, 6.07) is 4.23. The van der Waals surface area contributed by atoms with Crippen LogP contribution in [0.2, 0.25) is 0 Å². The van der Waals surface area contributed by atoms with Gasteiger partial charge in [0.25, 0.3) is 0 Å². The molecule has 14 heavy (non-hydrogen) atoms. The van der Waals surface area contributed by atoms with Gasteiger partial charge in [-0.1, -0.05) is 0 Å². The van der Waals surface area contributed by atoms with Crippen molar-refractivity contribution >= 4 is 22.6 Å². The number of benzene rings is 1. The van der Waals surface area contributed by atoms with Gasteiger partial charge in [-0.15, -0.1) is 0 Å². The van der Waals surface area contributed by atoms with Crippen molar-refractivity contribution in [2.24, 2.45) is 0 Å². The number of nitrogens with one attached hydrogen (secondary N) is 2. The predicted octanol–water partition coefficient (Wildman–Crippen LogP) is 1.66. The molecule has 0 atom stereocenters. The summed E-state index contributed by atoms with van der Waals surface area (Å²) in [6.45, 7) is 1.37. The first kappa shape index (κ1) is 8.68. The van der Waals surface area contributed by atoms with Gasteiger partial charge < -0.3 is 5.32 Å². The van der Waals surface area contributed by atoms with Gasteiger partial charge in [0.1, 0.15) is 5.82 Å². The van der Waals surface area contributed by atoms with Gasteiger partial charge >= 0.3 is 0 Å². The summed E-state index contributed by atoms with van der Waals surface area (Å²) in [4.78, 5) is 10.8. The van der Waals surface area contributed by atoms with E-state index >= 15 is 0 Å². The van der Waals surface area contributed by atoms with Gasteiger partial charge in [0.05, 0.1) is 5.52 Å². The van der Waals surface area contributed by atoms with E-state index in [4.69, 9.17) is 0 Å². The van der Waals surface area contributed by atoms with Crippen LogP contribution in [-0.2, 0) is 4.79 Å². The molecule has 0 aliphatic rings. The Morgan fingerprint density at radius 1 is 1.57 bits per heavy atom. The van der Waals surface area contributed by atoms with Crippen molar-refractivity contribution in [3.8, 4) is 0 Å². The molecule has 2 aromatic rings. The molecule has 2 N–H and O–H groups in total. The molecular weight excluding hydrogens is 185 g/mol. The summed E-state index contributed by atoms with van der Waals surface area (Å²) in [5, 5.41) is 9.62. The van der Waals surface area contributed by atoms with Crippen molar-refractivity contribution in [3.05, 3.63) is 24.0 Å². The minimum Gasteiger partial charge on any atom is -0.309 e. The normalized spacial score (nSPS) is 10.4. The fourth-order valence-corrected chi connectivity index (χ4v) is 1.25. The Morgan fingerprint density at radius 3 is 3.07 bits per heavy atom. The maximum Gasteiger partial charge on any atom is 0.222 e. The number of anilines is 1. The molecule has 4 nitrogen and oxygen atoms in total. The SMILES string of the molecule is CC(=O)Nc1n[nH]c2ccc(F)cc12. The summed E-state index contributed by atoms with van der Waals surface area (Å²) in [5.41, 5.74) is 0.690. The highest BCUT2D eigenvalue weighted by molar-refractivity contribution is 5.98. The quantitative estimate of drug-likeness (QED) is 0.723. The molecule has 0 bridgehead atoms. The smallest absolute Gasteiger partial charge is 0.222 e. The highest BCUT2D eigenvalue weighted by Gasteiger charge is 2.06. The molecule has 1 aromatic heterocycles. The fourth-order valence-electron chi connectivity index (χ4n) is 1.25. The number of rotatable bonds is 1. The lowest BCUT2D eigenvalue weighted by atomic mass is 10.2. The highest BCUT2D eigenvalue weighted by atomic mass is 19.1. The van der Waals surface area contributed by atoms with Crippen LogP contribution < -0.4 is 5.32 Å². The maximum absolute atomic E-state index is 12.9. The molecule has 0 aliphatic carbocycles. The lowest BCUT2D eigenvalue weighted by Crippen LogP contribution is -2.06. The van der Waals surface area contributed by atoms with Gasteiger partial charge in [0, 0.05) is 12.3 Å². The average Bonchev–Trinajstić information content (AvgIpc) is 2.47. The predicted molar refractivity (Wildman–Crippen MR) is 50.4 cm³/mol. The van der Waals surface area contributed by atoms with Gasteiger partial charge in [-0.3, -0.25) is 9.89 Å². The summed E-state index contributed by atoms with van der Waals surface area (Å²) >= 11 is 0. The van der Waals surface area contributed by atoms with E-state index in [9.17, 15) is 9.18 Å². The second-order valence-corrected chi connectivity index (χ2v) is 2.94. The van der Waals surface area contributed by atoms with Crippen LogP contribution >= 0.6 is 0 Å². The van der Waals surface area contributed by atoms with Crippen LogP contribution in [0.5, 0.6) is 0 Å². The van der Waals surface area contributed by atoms with Crippen LogP contribution in [0.15, 0.2) is 18.2 Å². The number of H-pyrrole nitrogens is 1. The van der Waals surface area contributed by atoms with Crippen LogP contribution in [-0.4, -0.2) is 16.1 Å². The summed E-state index contributed by atoms with van der Waals surface area (Å²) in [5.74, 6) is -0.236. The number of fused-ring (bicyclic) bond motifs is 1. The minimum atomic E-state index is -0.356. The van der Waals surface area contributed by atoms with Crippen LogP contribution in [0.3, 0.4) is 0 Å². The third-order valence-electron chi connectivity index (χ3n) is 1.82. The Bertz CT molecular complexity index is 492. The topological polar surface area (TPSA) is 57.8 Å². The summed E-state index contributed by atoms with van der Waals surface area (Å²) in [7, 11) is 0. The molecule has 1 aromatic carbocycles. The number of aromatic nitrogens is 2. The molecule has 0 unspecified atom stereocenters. The molecule has 5 heteroatoms. The molecule has 0 radical (unpaired) electrons. The van der Waals surface area contributed by atoms with Crippen molar-refractivity contribution in [1.82, 2.24) is 10.2 Å². The second kappa shape index (κ2) is 3.10. The molecule has 0 saturated carbocycles. The molecule has 0 saturated heterocycles. The van der Waals surface area contributed by atoms with Crippen LogP contribution in [0.4, 0.5) is 10.2 Å².